The number of amides is 1. The first kappa shape index (κ1) is 16.6. The number of benzene rings is 1. The lowest BCUT2D eigenvalue weighted by Crippen LogP contribution is -2.41. The summed E-state index contributed by atoms with van der Waals surface area (Å²) in [6.45, 7) is 9.40. The molecule has 2 rings (SSSR count). The molecule has 0 N–H and O–H groups in total. The number of piperidine rings is 1. The molecule has 1 saturated heterocycles. The summed E-state index contributed by atoms with van der Waals surface area (Å²) in [7, 11) is 0. The molecular formula is C19H27NO2. The Morgan fingerprint density at radius 3 is 2.45 bits per heavy atom. The van der Waals surface area contributed by atoms with E-state index in [9.17, 15) is 4.79 Å². The van der Waals surface area contributed by atoms with Crippen LogP contribution in [-0.2, 0) is 4.74 Å². The second-order valence-corrected chi connectivity index (χ2v) is 7.02. The first-order chi connectivity index (χ1) is 10.3. The van der Waals surface area contributed by atoms with Crippen LogP contribution in [0.4, 0.5) is 4.79 Å². The van der Waals surface area contributed by atoms with Crippen molar-refractivity contribution in [2.75, 3.05) is 13.1 Å². The summed E-state index contributed by atoms with van der Waals surface area (Å²) in [6, 6.07) is 8.40. The Bertz CT molecular complexity index is 535. The van der Waals surface area contributed by atoms with Gasteiger partial charge in [-0.1, -0.05) is 36.4 Å². The first-order valence-electron chi connectivity index (χ1n) is 8.07. The van der Waals surface area contributed by atoms with Crippen molar-refractivity contribution >= 4 is 12.2 Å². The zero-order chi connectivity index (χ0) is 16.2. The molecule has 1 amide bonds. The van der Waals surface area contributed by atoms with Crippen molar-refractivity contribution in [2.45, 2.75) is 46.1 Å². The van der Waals surface area contributed by atoms with Gasteiger partial charge >= 0.3 is 6.09 Å². The molecule has 1 aromatic carbocycles. The average molecular weight is 301 g/mol. The predicted octanol–water partition coefficient (Wildman–Crippen LogP) is 4.66. The zero-order valence-electron chi connectivity index (χ0n) is 14.1. The van der Waals surface area contributed by atoms with Gasteiger partial charge in [-0.3, -0.25) is 0 Å². The minimum Gasteiger partial charge on any atom is -0.444 e. The largest absolute Gasteiger partial charge is 0.444 e. The van der Waals surface area contributed by atoms with E-state index in [4.69, 9.17) is 4.74 Å². The molecule has 1 aliphatic heterocycles. The number of allylic oxidation sites excluding steroid dienone is 1. The second-order valence-electron chi connectivity index (χ2n) is 7.02. The molecule has 1 fully saturated rings. The van der Waals surface area contributed by atoms with Gasteiger partial charge in [-0.2, -0.15) is 0 Å². The summed E-state index contributed by atoms with van der Waals surface area (Å²) >= 11 is 0. The van der Waals surface area contributed by atoms with Crippen LogP contribution in [0.25, 0.3) is 6.08 Å². The van der Waals surface area contributed by atoms with Crippen molar-refractivity contribution in [1.82, 2.24) is 4.90 Å². The Hall–Kier alpha value is -1.77. The van der Waals surface area contributed by atoms with E-state index < -0.39 is 5.60 Å². The van der Waals surface area contributed by atoms with Crippen molar-refractivity contribution in [3.8, 4) is 0 Å². The molecular weight excluding hydrogens is 274 g/mol. The van der Waals surface area contributed by atoms with Crippen LogP contribution in [0.15, 0.2) is 30.3 Å². The number of nitrogens with zero attached hydrogens (tertiary/aromatic N) is 1. The Balaban J connectivity index is 1.85. The minimum atomic E-state index is -0.418. The molecule has 1 aliphatic rings. The van der Waals surface area contributed by atoms with Gasteiger partial charge in [0, 0.05) is 13.1 Å². The SMILES string of the molecule is Cc1ccccc1/C=C/C1CCN(C(=O)OC(C)(C)C)CC1. The number of rotatable bonds is 2. The maximum absolute atomic E-state index is 12.0. The zero-order valence-corrected chi connectivity index (χ0v) is 14.1. The van der Waals surface area contributed by atoms with Crippen LogP contribution in [0, 0.1) is 12.8 Å². The normalized spacial score (nSPS) is 17.0. The topological polar surface area (TPSA) is 29.5 Å². The highest BCUT2D eigenvalue weighted by Crippen LogP contribution is 2.22. The summed E-state index contributed by atoms with van der Waals surface area (Å²) in [6.07, 6.45) is 6.31. The summed E-state index contributed by atoms with van der Waals surface area (Å²) in [5, 5.41) is 0. The van der Waals surface area contributed by atoms with Gasteiger partial charge in [-0.15, -0.1) is 0 Å². The number of carbonyl (C=O) groups excluding carboxylic acids is 1. The lowest BCUT2D eigenvalue weighted by molar-refractivity contribution is 0.0197. The summed E-state index contributed by atoms with van der Waals surface area (Å²) in [5.41, 5.74) is 2.15. The van der Waals surface area contributed by atoms with Crippen LogP contribution < -0.4 is 0 Å². The third kappa shape index (κ3) is 4.90. The Morgan fingerprint density at radius 1 is 1.23 bits per heavy atom. The van der Waals surface area contributed by atoms with E-state index in [1.54, 1.807) is 0 Å². The van der Waals surface area contributed by atoms with Gasteiger partial charge in [0.2, 0.25) is 0 Å². The molecule has 0 bridgehead atoms. The number of aryl methyl sites for hydroxylation is 1. The predicted molar refractivity (Wildman–Crippen MR) is 90.7 cm³/mol. The Kier molecular flexibility index (Phi) is 5.28. The Morgan fingerprint density at radius 2 is 1.86 bits per heavy atom. The lowest BCUT2D eigenvalue weighted by atomic mass is 9.95. The van der Waals surface area contributed by atoms with Gasteiger partial charge in [-0.25, -0.2) is 4.79 Å². The maximum atomic E-state index is 12.0. The van der Waals surface area contributed by atoms with Gasteiger partial charge in [-0.05, 0) is 57.6 Å². The van der Waals surface area contributed by atoms with Gasteiger partial charge in [0.15, 0.2) is 0 Å². The number of ether oxygens (including phenoxy) is 1. The van der Waals surface area contributed by atoms with Crippen molar-refractivity contribution in [1.29, 1.82) is 0 Å². The van der Waals surface area contributed by atoms with Crippen molar-refractivity contribution in [2.24, 2.45) is 5.92 Å². The van der Waals surface area contributed by atoms with Crippen LogP contribution in [-0.4, -0.2) is 29.7 Å². The number of carbonyl (C=O) groups is 1. The fourth-order valence-corrected chi connectivity index (χ4v) is 2.61. The molecule has 1 heterocycles. The third-order valence-electron chi connectivity index (χ3n) is 3.93. The van der Waals surface area contributed by atoms with Crippen molar-refractivity contribution in [3.63, 3.8) is 0 Å². The van der Waals surface area contributed by atoms with Crippen LogP contribution in [0.1, 0.15) is 44.7 Å². The highest BCUT2D eigenvalue weighted by molar-refractivity contribution is 5.68. The highest BCUT2D eigenvalue weighted by atomic mass is 16.6. The third-order valence-corrected chi connectivity index (χ3v) is 3.93. The number of hydrogen-bond donors (Lipinski definition) is 0. The molecule has 0 unspecified atom stereocenters. The van der Waals surface area contributed by atoms with E-state index in [2.05, 4.69) is 43.3 Å². The highest BCUT2D eigenvalue weighted by Gasteiger charge is 2.25. The molecule has 120 valence electrons. The summed E-state index contributed by atoms with van der Waals surface area (Å²) in [4.78, 5) is 13.9. The average Bonchev–Trinajstić information content (AvgIpc) is 2.45. The molecule has 22 heavy (non-hydrogen) atoms. The minimum absolute atomic E-state index is 0.186. The van der Waals surface area contributed by atoms with Gasteiger partial charge in [0.25, 0.3) is 0 Å². The second kappa shape index (κ2) is 6.99. The van der Waals surface area contributed by atoms with E-state index >= 15 is 0 Å². The molecule has 0 atom stereocenters. The summed E-state index contributed by atoms with van der Waals surface area (Å²) in [5.74, 6) is 0.540. The molecule has 0 saturated carbocycles. The van der Waals surface area contributed by atoms with Gasteiger partial charge in [0.05, 0.1) is 0 Å². The van der Waals surface area contributed by atoms with E-state index in [0.29, 0.717) is 5.92 Å². The molecule has 1 aromatic rings. The fraction of sp³-hybridized carbons (Fsp3) is 0.526. The monoisotopic (exact) mass is 301 g/mol. The van der Waals surface area contributed by atoms with E-state index in [-0.39, 0.29) is 6.09 Å². The molecule has 3 heteroatoms. The smallest absolute Gasteiger partial charge is 0.410 e. The molecule has 0 aliphatic carbocycles. The van der Waals surface area contributed by atoms with Crippen LogP contribution in [0.5, 0.6) is 0 Å². The van der Waals surface area contributed by atoms with Crippen molar-refractivity contribution < 1.29 is 9.53 Å². The maximum Gasteiger partial charge on any atom is 0.410 e. The fourth-order valence-electron chi connectivity index (χ4n) is 2.61. The van der Waals surface area contributed by atoms with E-state index in [1.165, 1.54) is 11.1 Å². The van der Waals surface area contributed by atoms with Crippen LogP contribution in [0.2, 0.25) is 0 Å². The van der Waals surface area contributed by atoms with Crippen LogP contribution in [0.3, 0.4) is 0 Å². The molecule has 0 radical (unpaired) electrons. The molecule has 3 nitrogen and oxygen atoms in total. The summed E-state index contributed by atoms with van der Waals surface area (Å²) < 4.78 is 5.43. The van der Waals surface area contributed by atoms with Crippen molar-refractivity contribution in [3.05, 3.63) is 41.5 Å². The quantitative estimate of drug-likeness (QED) is 0.795. The standard InChI is InChI=1S/C19H27NO2/c1-15-7-5-6-8-17(15)10-9-16-11-13-20(14-12-16)18(21)22-19(2,3)4/h5-10,16H,11-14H2,1-4H3/b10-9+. The number of hydrogen-bond acceptors (Lipinski definition) is 2. The van der Waals surface area contributed by atoms with E-state index in [0.717, 1.165) is 25.9 Å². The lowest BCUT2D eigenvalue weighted by Gasteiger charge is -2.32. The van der Waals surface area contributed by atoms with E-state index in [1.807, 2.05) is 25.7 Å². The van der Waals surface area contributed by atoms with Gasteiger partial charge < -0.3 is 9.64 Å². The molecule has 0 spiro atoms. The number of likely N-dealkylation sites (tertiary alicyclic amines) is 1. The van der Waals surface area contributed by atoms with Crippen LogP contribution >= 0.6 is 0 Å². The Labute approximate surface area is 134 Å². The first-order valence-corrected chi connectivity index (χ1v) is 8.07. The molecule has 0 aromatic heterocycles. The van der Waals surface area contributed by atoms with Gasteiger partial charge in [0.1, 0.15) is 5.60 Å².